The number of benzene rings is 3. The van der Waals surface area contributed by atoms with E-state index < -0.39 is 0 Å². The summed E-state index contributed by atoms with van der Waals surface area (Å²) in [4.78, 5) is 1.73. The van der Waals surface area contributed by atoms with Crippen LogP contribution in [0, 0.1) is 0 Å². The predicted octanol–water partition coefficient (Wildman–Crippen LogP) is 4.67. The molecule has 6 nitrogen and oxygen atoms in total. The predicted molar refractivity (Wildman–Crippen MR) is 119 cm³/mol. The molecule has 0 atom stereocenters. The number of hydrogen-bond donors (Lipinski definition) is 1. The van der Waals surface area contributed by atoms with Gasteiger partial charge >= 0.3 is 0 Å². The molecule has 1 N–H and O–H groups in total. The average Bonchev–Trinajstić information content (AvgIpc) is 3.41. The third-order valence-corrected chi connectivity index (χ3v) is 5.28. The molecule has 4 aromatic rings. The summed E-state index contributed by atoms with van der Waals surface area (Å²) in [7, 11) is 0. The molecule has 3 aromatic carbocycles. The summed E-state index contributed by atoms with van der Waals surface area (Å²) in [6.07, 6.45) is 0. The van der Waals surface area contributed by atoms with Gasteiger partial charge in [-0.25, -0.2) is 0 Å². The SMILES string of the molecule is Clc1cccc(Cn2nc(CNCc3ccc4c(c3)OCO4)c(-c3ccccc3)n2)c1. The van der Waals surface area contributed by atoms with E-state index in [2.05, 4.69) is 17.4 Å². The number of ether oxygens (including phenoxy) is 2. The first-order valence-corrected chi connectivity index (χ1v) is 10.5. The Balaban J connectivity index is 1.34. The second-order valence-electron chi connectivity index (χ2n) is 7.31. The van der Waals surface area contributed by atoms with E-state index in [9.17, 15) is 0 Å². The molecule has 1 aromatic heterocycles. The maximum absolute atomic E-state index is 6.13. The summed E-state index contributed by atoms with van der Waals surface area (Å²) in [5, 5.41) is 13.7. The highest BCUT2D eigenvalue weighted by molar-refractivity contribution is 6.30. The smallest absolute Gasteiger partial charge is 0.231 e. The van der Waals surface area contributed by atoms with Crippen LogP contribution in [0.1, 0.15) is 16.8 Å². The topological polar surface area (TPSA) is 61.2 Å². The summed E-state index contributed by atoms with van der Waals surface area (Å²) in [5.41, 5.74) is 4.99. The van der Waals surface area contributed by atoms with Gasteiger partial charge in [0.2, 0.25) is 6.79 Å². The van der Waals surface area contributed by atoms with Gasteiger partial charge in [-0.1, -0.05) is 60.1 Å². The molecule has 0 radical (unpaired) electrons. The van der Waals surface area contributed by atoms with Gasteiger partial charge < -0.3 is 14.8 Å². The third kappa shape index (κ3) is 4.55. The number of nitrogens with one attached hydrogen (secondary N) is 1. The van der Waals surface area contributed by atoms with Gasteiger partial charge in [-0.15, -0.1) is 0 Å². The monoisotopic (exact) mass is 432 g/mol. The Bertz CT molecular complexity index is 1190. The van der Waals surface area contributed by atoms with Gasteiger partial charge in [0.1, 0.15) is 11.4 Å². The number of hydrogen-bond acceptors (Lipinski definition) is 5. The molecule has 0 saturated carbocycles. The fraction of sp³-hybridized carbons (Fsp3) is 0.167. The Morgan fingerprint density at radius 2 is 1.71 bits per heavy atom. The van der Waals surface area contributed by atoms with Crippen molar-refractivity contribution in [2.24, 2.45) is 0 Å². The second kappa shape index (κ2) is 8.79. The van der Waals surface area contributed by atoms with Crippen molar-refractivity contribution < 1.29 is 9.47 Å². The number of aromatic nitrogens is 3. The van der Waals surface area contributed by atoms with Gasteiger partial charge in [-0.2, -0.15) is 15.0 Å². The van der Waals surface area contributed by atoms with Crippen molar-refractivity contribution >= 4 is 11.6 Å². The summed E-state index contributed by atoms with van der Waals surface area (Å²) in [5.74, 6) is 1.58. The molecule has 0 fully saturated rings. The highest BCUT2D eigenvalue weighted by atomic mass is 35.5. The number of fused-ring (bicyclic) bond motifs is 1. The molecule has 1 aliphatic heterocycles. The molecule has 1 aliphatic rings. The van der Waals surface area contributed by atoms with Crippen LogP contribution in [0.4, 0.5) is 0 Å². The molecule has 156 valence electrons. The van der Waals surface area contributed by atoms with Gasteiger partial charge in [0.25, 0.3) is 0 Å². The fourth-order valence-electron chi connectivity index (χ4n) is 3.57. The largest absolute Gasteiger partial charge is 0.454 e. The fourth-order valence-corrected chi connectivity index (χ4v) is 3.78. The first-order valence-electron chi connectivity index (χ1n) is 10.1. The van der Waals surface area contributed by atoms with E-state index in [-0.39, 0.29) is 6.79 Å². The maximum Gasteiger partial charge on any atom is 0.231 e. The van der Waals surface area contributed by atoms with E-state index in [0.29, 0.717) is 24.7 Å². The number of halogens is 1. The molecular formula is C24H21ClN4O2. The van der Waals surface area contributed by atoms with E-state index in [1.807, 2.05) is 60.7 Å². The Morgan fingerprint density at radius 3 is 2.58 bits per heavy atom. The van der Waals surface area contributed by atoms with Crippen LogP contribution in [-0.2, 0) is 19.6 Å². The molecule has 0 spiro atoms. The molecule has 5 rings (SSSR count). The van der Waals surface area contributed by atoms with E-state index in [4.69, 9.17) is 31.3 Å². The van der Waals surface area contributed by atoms with E-state index in [1.165, 1.54) is 0 Å². The van der Waals surface area contributed by atoms with E-state index >= 15 is 0 Å². The van der Waals surface area contributed by atoms with Crippen molar-refractivity contribution in [1.82, 2.24) is 20.3 Å². The maximum atomic E-state index is 6.13. The molecule has 0 bridgehead atoms. The third-order valence-electron chi connectivity index (χ3n) is 5.04. The molecule has 0 saturated heterocycles. The lowest BCUT2D eigenvalue weighted by Crippen LogP contribution is -2.14. The minimum absolute atomic E-state index is 0.280. The van der Waals surface area contributed by atoms with Crippen LogP contribution in [-0.4, -0.2) is 21.8 Å². The standard InChI is InChI=1S/C24H21ClN4O2/c25-20-8-4-5-18(11-20)15-29-27-21(24(28-29)19-6-2-1-3-7-19)14-26-13-17-9-10-22-23(12-17)31-16-30-22/h1-12,26H,13-16H2. The van der Waals surface area contributed by atoms with Gasteiger partial charge in [0.15, 0.2) is 11.5 Å². The highest BCUT2D eigenvalue weighted by Gasteiger charge is 2.15. The van der Waals surface area contributed by atoms with Crippen LogP contribution in [0.3, 0.4) is 0 Å². The second-order valence-corrected chi connectivity index (χ2v) is 7.75. The summed E-state index contributed by atoms with van der Waals surface area (Å²) in [6.45, 7) is 2.12. The zero-order valence-electron chi connectivity index (χ0n) is 16.8. The lowest BCUT2D eigenvalue weighted by Gasteiger charge is -2.06. The number of rotatable bonds is 7. The molecule has 31 heavy (non-hydrogen) atoms. The summed E-state index contributed by atoms with van der Waals surface area (Å²) in [6, 6.07) is 23.9. The van der Waals surface area contributed by atoms with Crippen LogP contribution in [0.15, 0.2) is 72.8 Å². The van der Waals surface area contributed by atoms with Crippen molar-refractivity contribution in [2.45, 2.75) is 19.6 Å². The first kappa shape index (κ1) is 19.6. The summed E-state index contributed by atoms with van der Waals surface area (Å²) < 4.78 is 10.8. The van der Waals surface area contributed by atoms with Crippen molar-refractivity contribution in [3.05, 3.63) is 94.6 Å². The van der Waals surface area contributed by atoms with Crippen molar-refractivity contribution in [3.63, 3.8) is 0 Å². The highest BCUT2D eigenvalue weighted by Crippen LogP contribution is 2.32. The van der Waals surface area contributed by atoms with Crippen LogP contribution < -0.4 is 14.8 Å². The molecule has 2 heterocycles. The lowest BCUT2D eigenvalue weighted by atomic mass is 10.1. The molecule has 0 unspecified atom stereocenters. The Labute approximate surface area is 185 Å². The minimum atomic E-state index is 0.280. The molecule has 7 heteroatoms. The Kier molecular flexibility index (Phi) is 5.56. The van der Waals surface area contributed by atoms with Crippen LogP contribution in [0.5, 0.6) is 11.5 Å². The first-order chi connectivity index (χ1) is 15.2. The van der Waals surface area contributed by atoms with Gasteiger partial charge in [0, 0.05) is 23.7 Å². The van der Waals surface area contributed by atoms with Gasteiger partial charge in [-0.3, -0.25) is 0 Å². The average molecular weight is 433 g/mol. The van der Waals surface area contributed by atoms with Crippen LogP contribution in [0.25, 0.3) is 11.3 Å². The lowest BCUT2D eigenvalue weighted by molar-refractivity contribution is 0.174. The number of nitrogens with zero attached hydrogens (tertiary/aromatic N) is 3. The van der Waals surface area contributed by atoms with Crippen LogP contribution in [0.2, 0.25) is 5.02 Å². The molecule has 0 amide bonds. The Hall–Kier alpha value is -3.35. The van der Waals surface area contributed by atoms with E-state index in [1.54, 1.807) is 4.80 Å². The molecule has 0 aliphatic carbocycles. The quantitative estimate of drug-likeness (QED) is 0.460. The van der Waals surface area contributed by atoms with E-state index in [0.717, 1.165) is 39.6 Å². The zero-order valence-corrected chi connectivity index (χ0v) is 17.5. The van der Waals surface area contributed by atoms with Crippen LogP contribution >= 0.6 is 11.6 Å². The minimum Gasteiger partial charge on any atom is -0.454 e. The molecular weight excluding hydrogens is 412 g/mol. The van der Waals surface area contributed by atoms with Gasteiger partial charge in [0.05, 0.1) is 6.54 Å². The summed E-state index contributed by atoms with van der Waals surface area (Å²) >= 11 is 6.13. The van der Waals surface area contributed by atoms with Crippen molar-refractivity contribution in [3.8, 4) is 22.8 Å². The zero-order chi connectivity index (χ0) is 21.0. The van der Waals surface area contributed by atoms with Gasteiger partial charge in [-0.05, 0) is 35.4 Å². The van der Waals surface area contributed by atoms with Crippen molar-refractivity contribution in [1.29, 1.82) is 0 Å². The Morgan fingerprint density at radius 1 is 0.839 bits per heavy atom. The normalized spacial score (nSPS) is 12.3. The van der Waals surface area contributed by atoms with Crippen molar-refractivity contribution in [2.75, 3.05) is 6.79 Å².